The first-order valence-corrected chi connectivity index (χ1v) is 9.41. The van der Waals surface area contributed by atoms with E-state index in [0.29, 0.717) is 6.54 Å². The fourth-order valence-electron chi connectivity index (χ4n) is 3.53. The molecule has 0 saturated heterocycles. The van der Waals surface area contributed by atoms with Crippen molar-refractivity contribution in [1.29, 1.82) is 0 Å². The van der Waals surface area contributed by atoms with Gasteiger partial charge < -0.3 is 4.57 Å². The molecule has 0 aliphatic carbocycles. The molecule has 0 aliphatic rings. The van der Waals surface area contributed by atoms with Crippen LogP contribution in [0.5, 0.6) is 0 Å². The summed E-state index contributed by atoms with van der Waals surface area (Å²) in [5, 5.41) is 8.66. The minimum Gasteiger partial charge on any atom is -0.310 e. The van der Waals surface area contributed by atoms with Crippen molar-refractivity contribution in [2.45, 2.75) is 6.54 Å². The monoisotopic (exact) mass is 378 g/mol. The Labute approximate surface area is 167 Å². The molecule has 5 heteroatoms. The third-order valence-corrected chi connectivity index (χ3v) is 5.03. The number of hydrogen-bond acceptors (Lipinski definition) is 3. The van der Waals surface area contributed by atoms with Crippen LogP contribution in [0.2, 0.25) is 0 Å². The second-order valence-electron chi connectivity index (χ2n) is 6.94. The van der Waals surface area contributed by atoms with Gasteiger partial charge in [0.05, 0.1) is 12.1 Å². The van der Waals surface area contributed by atoms with Crippen molar-refractivity contribution in [3.05, 3.63) is 107 Å². The molecule has 0 aliphatic heterocycles. The van der Waals surface area contributed by atoms with Gasteiger partial charge in [-0.1, -0.05) is 36.4 Å². The van der Waals surface area contributed by atoms with Crippen LogP contribution in [-0.2, 0) is 6.54 Å². The van der Waals surface area contributed by atoms with Crippen molar-refractivity contribution in [3.8, 4) is 22.4 Å². The molecule has 5 nitrogen and oxygen atoms in total. The molecular formula is C24H18N4O. The smallest absolute Gasteiger partial charge is 0.250 e. The lowest BCUT2D eigenvalue weighted by Crippen LogP contribution is -2.19. The van der Waals surface area contributed by atoms with Crippen LogP contribution < -0.4 is 5.56 Å². The SMILES string of the molecule is O=c1ccc(-c2ccc3c(-c4ccncc4)n[nH]c3c2)cn1Cc1ccccc1. The van der Waals surface area contributed by atoms with Gasteiger partial charge in [0.25, 0.3) is 5.56 Å². The van der Waals surface area contributed by atoms with Crippen LogP contribution >= 0.6 is 0 Å². The van der Waals surface area contributed by atoms with Gasteiger partial charge >= 0.3 is 0 Å². The van der Waals surface area contributed by atoms with Gasteiger partial charge in [-0.25, -0.2) is 0 Å². The van der Waals surface area contributed by atoms with Crippen molar-refractivity contribution in [2.24, 2.45) is 0 Å². The van der Waals surface area contributed by atoms with E-state index in [1.165, 1.54) is 0 Å². The number of aromatic nitrogens is 4. The quantitative estimate of drug-likeness (QED) is 0.501. The Morgan fingerprint density at radius 3 is 2.45 bits per heavy atom. The Hall–Kier alpha value is -3.99. The molecular weight excluding hydrogens is 360 g/mol. The van der Waals surface area contributed by atoms with Gasteiger partial charge in [0.2, 0.25) is 0 Å². The summed E-state index contributed by atoms with van der Waals surface area (Å²) in [4.78, 5) is 16.4. The predicted octanol–water partition coefficient (Wildman–Crippen LogP) is 4.50. The molecule has 2 aromatic carbocycles. The Balaban J connectivity index is 1.53. The van der Waals surface area contributed by atoms with E-state index < -0.39 is 0 Å². The highest BCUT2D eigenvalue weighted by atomic mass is 16.1. The molecule has 3 aromatic heterocycles. The highest BCUT2D eigenvalue weighted by Gasteiger charge is 2.10. The minimum atomic E-state index is -0.0137. The van der Waals surface area contributed by atoms with Crippen LogP contribution in [0.1, 0.15) is 5.56 Å². The van der Waals surface area contributed by atoms with E-state index in [0.717, 1.165) is 38.9 Å². The van der Waals surface area contributed by atoms with E-state index in [9.17, 15) is 4.79 Å². The van der Waals surface area contributed by atoms with Crippen molar-refractivity contribution in [2.75, 3.05) is 0 Å². The summed E-state index contributed by atoms with van der Waals surface area (Å²) in [5.74, 6) is 0. The number of nitrogens with one attached hydrogen (secondary N) is 1. The van der Waals surface area contributed by atoms with E-state index in [2.05, 4.69) is 33.4 Å². The normalized spacial score (nSPS) is 11.0. The summed E-state index contributed by atoms with van der Waals surface area (Å²) in [6.45, 7) is 0.548. The first kappa shape index (κ1) is 17.1. The van der Waals surface area contributed by atoms with Crippen LogP contribution in [0.15, 0.2) is 96.2 Å². The molecule has 0 unspecified atom stereocenters. The lowest BCUT2D eigenvalue weighted by Gasteiger charge is -2.09. The number of aromatic amines is 1. The van der Waals surface area contributed by atoms with E-state index in [-0.39, 0.29) is 5.56 Å². The van der Waals surface area contributed by atoms with E-state index >= 15 is 0 Å². The zero-order valence-electron chi connectivity index (χ0n) is 15.6. The fourth-order valence-corrected chi connectivity index (χ4v) is 3.53. The molecule has 0 amide bonds. The molecule has 0 bridgehead atoms. The maximum Gasteiger partial charge on any atom is 0.250 e. The maximum atomic E-state index is 12.3. The number of rotatable bonds is 4. The first-order valence-electron chi connectivity index (χ1n) is 9.41. The molecule has 0 spiro atoms. The van der Waals surface area contributed by atoms with Gasteiger partial charge in [-0.05, 0) is 47.0 Å². The highest BCUT2D eigenvalue weighted by molar-refractivity contribution is 5.95. The third kappa shape index (κ3) is 3.34. The molecule has 29 heavy (non-hydrogen) atoms. The molecule has 0 atom stereocenters. The predicted molar refractivity (Wildman–Crippen MR) is 115 cm³/mol. The zero-order chi connectivity index (χ0) is 19.6. The maximum absolute atomic E-state index is 12.3. The fraction of sp³-hybridized carbons (Fsp3) is 0.0417. The molecule has 5 aromatic rings. The average Bonchev–Trinajstić information content (AvgIpc) is 3.20. The standard InChI is InChI=1S/C24H18N4O/c29-23-9-7-20(16-28(23)15-17-4-2-1-3-5-17)19-6-8-21-22(14-19)26-27-24(21)18-10-12-25-13-11-18/h1-14,16H,15H2,(H,26,27). The molecule has 0 radical (unpaired) electrons. The summed E-state index contributed by atoms with van der Waals surface area (Å²) in [6.07, 6.45) is 5.44. The summed E-state index contributed by atoms with van der Waals surface area (Å²) in [7, 11) is 0. The van der Waals surface area contributed by atoms with Gasteiger partial charge in [-0.3, -0.25) is 14.9 Å². The van der Waals surface area contributed by atoms with Crippen LogP contribution in [0.25, 0.3) is 33.3 Å². The summed E-state index contributed by atoms with van der Waals surface area (Å²) >= 11 is 0. The lowest BCUT2D eigenvalue weighted by molar-refractivity contribution is 0.761. The molecule has 0 fully saturated rings. The van der Waals surface area contributed by atoms with Crippen LogP contribution in [0.4, 0.5) is 0 Å². The number of fused-ring (bicyclic) bond motifs is 1. The van der Waals surface area contributed by atoms with Gasteiger partial charge in [-0.15, -0.1) is 0 Å². The summed E-state index contributed by atoms with van der Waals surface area (Å²) < 4.78 is 1.74. The topological polar surface area (TPSA) is 63.6 Å². The molecule has 5 rings (SSSR count). The molecule has 140 valence electrons. The van der Waals surface area contributed by atoms with Crippen LogP contribution in [0.3, 0.4) is 0 Å². The first-order chi connectivity index (χ1) is 14.3. The number of pyridine rings is 2. The molecule has 3 heterocycles. The molecule has 0 saturated carbocycles. The highest BCUT2D eigenvalue weighted by Crippen LogP contribution is 2.29. The largest absolute Gasteiger partial charge is 0.310 e. The Bertz CT molecular complexity index is 1340. The van der Waals surface area contributed by atoms with Crippen LogP contribution in [0, 0.1) is 0 Å². The number of hydrogen-bond donors (Lipinski definition) is 1. The number of nitrogens with zero attached hydrogens (tertiary/aromatic N) is 3. The number of benzene rings is 2. The van der Waals surface area contributed by atoms with Gasteiger partial charge in [0.1, 0.15) is 5.69 Å². The second-order valence-corrected chi connectivity index (χ2v) is 6.94. The minimum absolute atomic E-state index is 0.0137. The van der Waals surface area contributed by atoms with E-state index in [1.807, 2.05) is 54.7 Å². The van der Waals surface area contributed by atoms with Gasteiger partial charge in [0.15, 0.2) is 0 Å². The van der Waals surface area contributed by atoms with Crippen molar-refractivity contribution >= 4 is 10.9 Å². The van der Waals surface area contributed by atoms with E-state index in [4.69, 9.17) is 0 Å². The van der Waals surface area contributed by atoms with Crippen molar-refractivity contribution in [1.82, 2.24) is 19.7 Å². The van der Waals surface area contributed by atoms with E-state index in [1.54, 1.807) is 23.0 Å². The Morgan fingerprint density at radius 2 is 1.62 bits per heavy atom. The van der Waals surface area contributed by atoms with Crippen molar-refractivity contribution in [3.63, 3.8) is 0 Å². The molecule has 1 N–H and O–H groups in total. The van der Waals surface area contributed by atoms with Crippen LogP contribution in [-0.4, -0.2) is 19.7 Å². The van der Waals surface area contributed by atoms with Gasteiger partial charge in [0, 0.05) is 35.6 Å². The Kier molecular flexibility index (Phi) is 4.26. The summed E-state index contributed by atoms with van der Waals surface area (Å²) in [5.41, 5.74) is 5.98. The third-order valence-electron chi connectivity index (χ3n) is 5.03. The number of H-pyrrole nitrogens is 1. The zero-order valence-corrected chi connectivity index (χ0v) is 15.6. The van der Waals surface area contributed by atoms with Crippen molar-refractivity contribution < 1.29 is 0 Å². The summed E-state index contributed by atoms with van der Waals surface area (Å²) in [6, 6.07) is 23.6. The lowest BCUT2D eigenvalue weighted by atomic mass is 10.0. The second kappa shape index (κ2) is 7.20. The van der Waals surface area contributed by atoms with Gasteiger partial charge in [-0.2, -0.15) is 5.10 Å². The average molecular weight is 378 g/mol. The Morgan fingerprint density at radius 1 is 0.828 bits per heavy atom.